The summed E-state index contributed by atoms with van der Waals surface area (Å²) in [5.74, 6) is -0.187. The summed E-state index contributed by atoms with van der Waals surface area (Å²) in [6.07, 6.45) is 1.03. The normalized spacial score (nSPS) is 23.0. The van der Waals surface area contributed by atoms with Crippen molar-refractivity contribution in [1.29, 1.82) is 0 Å². The molecule has 1 saturated heterocycles. The van der Waals surface area contributed by atoms with Gasteiger partial charge in [0.25, 0.3) is 0 Å². The maximum absolute atomic E-state index is 12.9. The van der Waals surface area contributed by atoms with Crippen LogP contribution in [-0.4, -0.2) is 31.8 Å². The van der Waals surface area contributed by atoms with Crippen LogP contribution in [0.15, 0.2) is 24.3 Å². The Labute approximate surface area is 114 Å². The van der Waals surface area contributed by atoms with Crippen LogP contribution in [0, 0.1) is 5.82 Å². The molecular weight excluding hydrogens is 243 g/mol. The number of ether oxygens (including phenoxy) is 1. The molecule has 1 aliphatic heterocycles. The van der Waals surface area contributed by atoms with Crippen LogP contribution in [-0.2, 0) is 4.74 Å². The first kappa shape index (κ1) is 14.4. The Bertz CT molecular complexity index is 376. The van der Waals surface area contributed by atoms with E-state index in [4.69, 9.17) is 4.74 Å². The third-order valence-electron chi connectivity index (χ3n) is 3.54. The van der Waals surface area contributed by atoms with E-state index in [0.29, 0.717) is 12.1 Å². The van der Waals surface area contributed by atoms with Gasteiger partial charge in [-0.3, -0.25) is 0 Å². The molecular formula is C15H23FN2O. The molecule has 3 nitrogen and oxygen atoms in total. The lowest BCUT2D eigenvalue weighted by Crippen LogP contribution is -2.45. The minimum atomic E-state index is -0.187. The monoisotopic (exact) mass is 266 g/mol. The second kappa shape index (κ2) is 6.98. The van der Waals surface area contributed by atoms with E-state index < -0.39 is 0 Å². The summed E-state index contributed by atoms with van der Waals surface area (Å²) >= 11 is 0. The van der Waals surface area contributed by atoms with Crippen molar-refractivity contribution < 1.29 is 9.13 Å². The van der Waals surface area contributed by atoms with Gasteiger partial charge in [0.1, 0.15) is 5.82 Å². The van der Waals surface area contributed by atoms with Crippen LogP contribution in [0.2, 0.25) is 0 Å². The summed E-state index contributed by atoms with van der Waals surface area (Å²) in [5, 5.41) is 7.00. The molecule has 2 rings (SSSR count). The predicted molar refractivity (Wildman–Crippen MR) is 74.6 cm³/mol. The van der Waals surface area contributed by atoms with Crippen molar-refractivity contribution in [2.45, 2.75) is 38.4 Å². The van der Waals surface area contributed by atoms with Crippen molar-refractivity contribution in [2.24, 2.45) is 0 Å². The fourth-order valence-corrected chi connectivity index (χ4v) is 2.54. The van der Waals surface area contributed by atoms with Gasteiger partial charge in [0.15, 0.2) is 0 Å². The molecule has 1 fully saturated rings. The molecule has 0 radical (unpaired) electrons. The Balaban J connectivity index is 1.80. The first-order valence-corrected chi connectivity index (χ1v) is 6.98. The lowest BCUT2D eigenvalue weighted by molar-refractivity contribution is 0.0708. The highest BCUT2D eigenvalue weighted by Gasteiger charge is 2.17. The van der Waals surface area contributed by atoms with Gasteiger partial charge < -0.3 is 15.4 Å². The Kier molecular flexibility index (Phi) is 5.31. The summed E-state index contributed by atoms with van der Waals surface area (Å²) in [4.78, 5) is 0. The molecule has 3 atom stereocenters. The standard InChI is InChI=1S/C15H23FN2O/c1-11(9-15-10-19-8-7-17-15)18-12(2)13-3-5-14(16)6-4-13/h3-6,11-12,15,17-18H,7-10H2,1-2H3/t11?,12-,15?/m1/s1. The molecule has 106 valence electrons. The second-order valence-corrected chi connectivity index (χ2v) is 5.30. The highest BCUT2D eigenvalue weighted by Crippen LogP contribution is 2.15. The minimum Gasteiger partial charge on any atom is -0.379 e. The average Bonchev–Trinajstić information content (AvgIpc) is 2.40. The average molecular weight is 266 g/mol. The molecule has 0 aromatic heterocycles. The topological polar surface area (TPSA) is 33.3 Å². The number of halogens is 1. The molecule has 1 heterocycles. The SMILES string of the molecule is CC(CC1COCCN1)N[C@H](C)c1ccc(F)cc1. The van der Waals surface area contributed by atoms with E-state index in [1.807, 2.05) is 12.1 Å². The van der Waals surface area contributed by atoms with Gasteiger partial charge in [0.05, 0.1) is 13.2 Å². The molecule has 1 aromatic rings. The third-order valence-corrected chi connectivity index (χ3v) is 3.54. The van der Waals surface area contributed by atoms with E-state index in [-0.39, 0.29) is 11.9 Å². The summed E-state index contributed by atoms with van der Waals surface area (Å²) in [6, 6.07) is 7.73. The number of nitrogens with one attached hydrogen (secondary N) is 2. The Morgan fingerprint density at radius 2 is 2.11 bits per heavy atom. The molecule has 0 amide bonds. The fraction of sp³-hybridized carbons (Fsp3) is 0.600. The van der Waals surface area contributed by atoms with E-state index in [1.165, 1.54) is 12.1 Å². The smallest absolute Gasteiger partial charge is 0.123 e. The zero-order valence-corrected chi connectivity index (χ0v) is 11.7. The molecule has 0 saturated carbocycles. The van der Waals surface area contributed by atoms with Crippen LogP contribution in [0.25, 0.3) is 0 Å². The van der Waals surface area contributed by atoms with Crippen molar-refractivity contribution >= 4 is 0 Å². The number of rotatable bonds is 5. The molecule has 2 unspecified atom stereocenters. The van der Waals surface area contributed by atoms with E-state index >= 15 is 0 Å². The first-order chi connectivity index (χ1) is 9.15. The highest BCUT2D eigenvalue weighted by molar-refractivity contribution is 5.19. The van der Waals surface area contributed by atoms with E-state index in [0.717, 1.165) is 31.7 Å². The van der Waals surface area contributed by atoms with Gasteiger partial charge in [0, 0.05) is 24.7 Å². The van der Waals surface area contributed by atoms with Crippen molar-refractivity contribution in [3.8, 4) is 0 Å². The van der Waals surface area contributed by atoms with Gasteiger partial charge in [-0.25, -0.2) is 4.39 Å². The van der Waals surface area contributed by atoms with E-state index in [1.54, 1.807) is 0 Å². The predicted octanol–water partition coefficient (Wildman–Crippen LogP) is 2.24. The largest absolute Gasteiger partial charge is 0.379 e. The number of hydrogen-bond acceptors (Lipinski definition) is 3. The van der Waals surface area contributed by atoms with E-state index in [2.05, 4.69) is 24.5 Å². The van der Waals surface area contributed by atoms with Crippen LogP contribution in [0.4, 0.5) is 4.39 Å². The van der Waals surface area contributed by atoms with Crippen molar-refractivity contribution in [3.63, 3.8) is 0 Å². The van der Waals surface area contributed by atoms with Gasteiger partial charge in [-0.2, -0.15) is 0 Å². The Morgan fingerprint density at radius 1 is 1.37 bits per heavy atom. The molecule has 0 spiro atoms. The molecule has 1 aromatic carbocycles. The molecule has 4 heteroatoms. The quantitative estimate of drug-likeness (QED) is 0.857. The summed E-state index contributed by atoms with van der Waals surface area (Å²) in [7, 11) is 0. The van der Waals surface area contributed by atoms with Crippen LogP contribution in [0.1, 0.15) is 31.9 Å². The lowest BCUT2D eigenvalue weighted by atomic mass is 10.0. The zero-order valence-electron chi connectivity index (χ0n) is 11.7. The van der Waals surface area contributed by atoms with Crippen LogP contribution in [0.3, 0.4) is 0 Å². The van der Waals surface area contributed by atoms with Gasteiger partial charge in [-0.15, -0.1) is 0 Å². The fourth-order valence-electron chi connectivity index (χ4n) is 2.54. The van der Waals surface area contributed by atoms with E-state index in [9.17, 15) is 4.39 Å². The second-order valence-electron chi connectivity index (χ2n) is 5.30. The van der Waals surface area contributed by atoms with Crippen LogP contribution < -0.4 is 10.6 Å². The molecule has 19 heavy (non-hydrogen) atoms. The Morgan fingerprint density at radius 3 is 2.74 bits per heavy atom. The van der Waals surface area contributed by atoms with Crippen LogP contribution in [0.5, 0.6) is 0 Å². The summed E-state index contributed by atoms with van der Waals surface area (Å²) in [5.41, 5.74) is 1.11. The van der Waals surface area contributed by atoms with Gasteiger partial charge in [-0.1, -0.05) is 12.1 Å². The third kappa shape index (κ3) is 4.56. The molecule has 2 N–H and O–H groups in total. The van der Waals surface area contributed by atoms with Gasteiger partial charge >= 0.3 is 0 Å². The summed E-state index contributed by atoms with van der Waals surface area (Å²) in [6.45, 7) is 6.82. The first-order valence-electron chi connectivity index (χ1n) is 6.98. The minimum absolute atomic E-state index is 0.187. The lowest BCUT2D eigenvalue weighted by Gasteiger charge is -2.28. The van der Waals surface area contributed by atoms with Gasteiger partial charge in [-0.05, 0) is 38.0 Å². The summed E-state index contributed by atoms with van der Waals surface area (Å²) < 4.78 is 18.3. The maximum Gasteiger partial charge on any atom is 0.123 e. The molecule has 0 aliphatic carbocycles. The van der Waals surface area contributed by atoms with Crippen molar-refractivity contribution in [2.75, 3.05) is 19.8 Å². The number of benzene rings is 1. The number of morpholine rings is 1. The highest BCUT2D eigenvalue weighted by atomic mass is 19.1. The zero-order chi connectivity index (χ0) is 13.7. The van der Waals surface area contributed by atoms with Crippen molar-refractivity contribution in [3.05, 3.63) is 35.6 Å². The van der Waals surface area contributed by atoms with Crippen LogP contribution >= 0.6 is 0 Å². The van der Waals surface area contributed by atoms with Gasteiger partial charge in [0.2, 0.25) is 0 Å². The number of hydrogen-bond donors (Lipinski definition) is 2. The maximum atomic E-state index is 12.9. The van der Waals surface area contributed by atoms with Crippen molar-refractivity contribution in [1.82, 2.24) is 10.6 Å². The molecule has 1 aliphatic rings. The Hall–Kier alpha value is -0.970. The molecule has 0 bridgehead atoms.